The van der Waals surface area contributed by atoms with Crippen molar-refractivity contribution >= 4 is 16.9 Å². The third-order valence-electron chi connectivity index (χ3n) is 3.57. The quantitative estimate of drug-likeness (QED) is 0.895. The zero-order chi connectivity index (χ0) is 14.2. The van der Waals surface area contributed by atoms with Gasteiger partial charge in [0.1, 0.15) is 0 Å². The number of nitrogens with zero attached hydrogens (tertiary/aromatic N) is 1. The molecule has 2 rings (SSSR count). The molecule has 102 valence electrons. The zero-order valence-corrected chi connectivity index (χ0v) is 12.0. The van der Waals surface area contributed by atoms with Gasteiger partial charge in [-0.15, -0.1) is 0 Å². The van der Waals surface area contributed by atoms with Crippen molar-refractivity contribution in [2.75, 3.05) is 0 Å². The lowest BCUT2D eigenvalue weighted by Crippen LogP contribution is -2.06. The summed E-state index contributed by atoms with van der Waals surface area (Å²) in [6.45, 7) is 8.18. The number of hydrogen-bond donors (Lipinski definition) is 1. The van der Waals surface area contributed by atoms with Gasteiger partial charge in [0, 0.05) is 17.6 Å². The molecule has 0 saturated carbocycles. The number of aromatic carboxylic acids is 1. The van der Waals surface area contributed by atoms with Crippen molar-refractivity contribution in [1.29, 1.82) is 0 Å². The highest BCUT2D eigenvalue weighted by molar-refractivity contribution is 6.04. The zero-order valence-electron chi connectivity index (χ0n) is 12.0. The summed E-state index contributed by atoms with van der Waals surface area (Å²) in [5, 5.41) is 10.6. The topological polar surface area (TPSA) is 42.2 Å². The first kappa shape index (κ1) is 13.7. The fourth-order valence-corrected chi connectivity index (χ4v) is 2.67. The van der Waals surface area contributed by atoms with Crippen molar-refractivity contribution in [3.05, 3.63) is 35.0 Å². The predicted octanol–water partition coefficient (Wildman–Crippen LogP) is 4.18. The second-order valence-electron chi connectivity index (χ2n) is 5.36. The SMILES string of the molecule is CCCc1cn(C(C)C)c2c(C(=O)O)c(C)ccc12. The van der Waals surface area contributed by atoms with Crippen molar-refractivity contribution in [3.63, 3.8) is 0 Å². The lowest BCUT2D eigenvalue weighted by Gasteiger charge is -2.12. The van der Waals surface area contributed by atoms with Crippen LogP contribution in [0.15, 0.2) is 18.3 Å². The fourth-order valence-electron chi connectivity index (χ4n) is 2.67. The summed E-state index contributed by atoms with van der Waals surface area (Å²) < 4.78 is 2.09. The molecule has 0 fully saturated rings. The Labute approximate surface area is 113 Å². The smallest absolute Gasteiger partial charge is 0.338 e. The number of aromatic nitrogens is 1. The van der Waals surface area contributed by atoms with Crippen LogP contribution in [0.25, 0.3) is 10.9 Å². The number of carboxylic acid groups (broad SMARTS) is 1. The molecule has 0 aliphatic carbocycles. The second kappa shape index (κ2) is 5.08. The average Bonchev–Trinajstić information content (AvgIpc) is 2.68. The number of benzene rings is 1. The van der Waals surface area contributed by atoms with Gasteiger partial charge in [0.15, 0.2) is 0 Å². The van der Waals surface area contributed by atoms with Gasteiger partial charge in [-0.05, 0) is 38.3 Å². The van der Waals surface area contributed by atoms with Gasteiger partial charge in [-0.1, -0.05) is 25.5 Å². The first-order valence-electron chi connectivity index (χ1n) is 6.83. The van der Waals surface area contributed by atoms with Crippen LogP contribution in [0.1, 0.15) is 54.7 Å². The number of carbonyl (C=O) groups is 1. The third-order valence-corrected chi connectivity index (χ3v) is 3.57. The van der Waals surface area contributed by atoms with Gasteiger partial charge in [-0.25, -0.2) is 4.79 Å². The van der Waals surface area contributed by atoms with Gasteiger partial charge < -0.3 is 9.67 Å². The molecule has 1 heterocycles. The van der Waals surface area contributed by atoms with Crippen molar-refractivity contribution in [2.24, 2.45) is 0 Å². The van der Waals surface area contributed by atoms with E-state index in [0.717, 1.165) is 29.3 Å². The predicted molar refractivity (Wildman–Crippen MR) is 78.0 cm³/mol. The minimum Gasteiger partial charge on any atom is -0.478 e. The Bertz CT molecular complexity index is 623. The number of hydrogen-bond acceptors (Lipinski definition) is 1. The highest BCUT2D eigenvalue weighted by Crippen LogP contribution is 2.30. The molecule has 3 nitrogen and oxygen atoms in total. The summed E-state index contributed by atoms with van der Waals surface area (Å²) in [6.07, 6.45) is 4.16. The molecule has 0 radical (unpaired) electrons. The number of rotatable bonds is 4. The van der Waals surface area contributed by atoms with Crippen LogP contribution >= 0.6 is 0 Å². The molecular weight excluding hydrogens is 238 g/mol. The van der Waals surface area contributed by atoms with Crippen molar-refractivity contribution in [3.8, 4) is 0 Å². The van der Waals surface area contributed by atoms with E-state index >= 15 is 0 Å². The minimum atomic E-state index is -0.842. The van der Waals surface area contributed by atoms with Crippen LogP contribution in [0.5, 0.6) is 0 Å². The van der Waals surface area contributed by atoms with Crippen molar-refractivity contribution < 1.29 is 9.90 Å². The maximum atomic E-state index is 11.6. The molecule has 1 N–H and O–H groups in total. The van der Waals surface area contributed by atoms with Gasteiger partial charge in [0.25, 0.3) is 0 Å². The van der Waals surface area contributed by atoms with Crippen LogP contribution in [0, 0.1) is 6.92 Å². The summed E-state index contributed by atoms with van der Waals surface area (Å²) in [7, 11) is 0. The van der Waals surface area contributed by atoms with Crippen LogP contribution in [0.4, 0.5) is 0 Å². The van der Waals surface area contributed by atoms with Gasteiger partial charge in [-0.2, -0.15) is 0 Å². The number of fused-ring (bicyclic) bond motifs is 1. The highest BCUT2D eigenvalue weighted by atomic mass is 16.4. The van der Waals surface area contributed by atoms with Crippen LogP contribution < -0.4 is 0 Å². The van der Waals surface area contributed by atoms with E-state index in [1.54, 1.807) is 0 Å². The van der Waals surface area contributed by atoms with E-state index in [1.807, 2.05) is 13.0 Å². The Hall–Kier alpha value is -1.77. The Balaban J connectivity index is 2.86. The molecule has 19 heavy (non-hydrogen) atoms. The Morgan fingerprint density at radius 2 is 2.05 bits per heavy atom. The fraction of sp³-hybridized carbons (Fsp3) is 0.438. The van der Waals surface area contributed by atoms with Crippen molar-refractivity contribution in [1.82, 2.24) is 4.57 Å². The summed E-state index contributed by atoms with van der Waals surface area (Å²) in [5.41, 5.74) is 3.37. The van der Waals surface area contributed by atoms with Gasteiger partial charge in [0.2, 0.25) is 0 Å². The first-order chi connectivity index (χ1) is 8.97. The molecule has 1 aromatic heterocycles. The van der Waals surface area contributed by atoms with Crippen molar-refractivity contribution in [2.45, 2.75) is 46.6 Å². The van der Waals surface area contributed by atoms with E-state index < -0.39 is 5.97 Å². The molecular formula is C16H21NO2. The normalized spacial score (nSPS) is 11.4. The van der Waals surface area contributed by atoms with Gasteiger partial charge in [-0.3, -0.25) is 0 Å². The maximum Gasteiger partial charge on any atom is 0.338 e. The molecule has 0 unspecified atom stereocenters. The van der Waals surface area contributed by atoms with E-state index in [9.17, 15) is 9.90 Å². The van der Waals surface area contributed by atoms with E-state index in [4.69, 9.17) is 0 Å². The van der Waals surface area contributed by atoms with E-state index in [1.165, 1.54) is 5.56 Å². The van der Waals surface area contributed by atoms with E-state index in [2.05, 4.69) is 37.6 Å². The number of carboxylic acids is 1. The summed E-state index contributed by atoms with van der Waals surface area (Å²) in [6, 6.07) is 4.23. The van der Waals surface area contributed by atoms with E-state index in [0.29, 0.717) is 5.56 Å². The van der Waals surface area contributed by atoms with E-state index in [-0.39, 0.29) is 6.04 Å². The molecule has 0 aliphatic rings. The maximum absolute atomic E-state index is 11.6. The molecule has 2 aromatic rings. The minimum absolute atomic E-state index is 0.257. The van der Waals surface area contributed by atoms with Crippen LogP contribution in [0.2, 0.25) is 0 Å². The largest absolute Gasteiger partial charge is 0.478 e. The summed E-state index contributed by atoms with van der Waals surface area (Å²) in [4.78, 5) is 11.6. The van der Waals surface area contributed by atoms with Gasteiger partial charge in [0.05, 0.1) is 11.1 Å². The lowest BCUT2D eigenvalue weighted by molar-refractivity contribution is 0.0698. The molecule has 0 atom stereocenters. The standard InChI is InChI=1S/C16H21NO2/c1-5-6-12-9-17(10(2)3)15-13(12)8-7-11(4)14(15)16(18)19/h7-10H,5-6H2,1-4H3,(H,18,19). The molecule has 0 amide bonds. The lowest BCUT2D eigenvalue weighted by atomic mass is 10.0. The monoisotopic (exact) mass is 259 g/mol. The number of aryl methyl sites for hydroxylation is 2. The first-order valence-corrected chi connectivity index (χ1v) is 6.83. The molecule has 3 heteroatoms. The highest BCUT2D eigenvalue weighted by Gasteiger charge is 2.19. The average molecular weight is 259 g/mol. The van der Waals surface area contributed by atoms with Gasteiger partial charge >= 0.3 is 5.97 Å². The Morgan fingerprint density at radius 3 is 2.58 bits per heavy atom. The van der Waals surface area contributed by atoms with Crippen LogP contribution in [-0.4, -0.2) is 15.6 Å². The molecule has 1 aromatic carbocycles. The third kappa shape index (κ3) is 2.25. The summed E-state index contributed by atoms with van der Waals surface area (Å²) >= 11 is 0. The molecule has 0 bridgehead atoms. The van der Waals surface area contributed by atoms with Crippen LogP contribution in [0.3, 0.4) is 0 Å². The molecule has 0 aliphatic heterocycles. The molecule has 0 spiro atoms. The Morgan fingerprint density at radius 1 is 1.37 bits per heavy atom. The second-order valence-corrected chi connectivity index (χ2v) is 5.36. The molecule has 0 saturated heterocycles. The Kier molecular flexibility index (Phi) is 3.65. The van der Waals surface area contributed by atoms with Crippen LogP contribution in [-0.2, 0) is 6.42 Å². The summed E-state index contributed by atoms with van der Waals surface area (Å²) in [5.74, 6) is -0.842.